The molecule has 156 valence electrons. The van der Waals surface area contributed by atoms with Gasteiger partial charge in [0.2, 0.25) is 5.91 Å². The molecular formula is C25H30N4O. The molecule has 3 aromatic rings. The zero-order valence-electron chi connectivity index (χ0n) is 18.1. The van der Waals surface area contributed by atoms with Gasteiger partial charge in [0.15, 0.2) is 0 Å². The highest BCUT2D eigenvalue weighted by molar-refractivity contribution is 5.77. The summed E-state index contributed by atoms with van der Waals surface area (Å²) in [5.74, 6) is 0.234. The first kappa shape index (κ1) is 20.2. The van der Waals surface area contributed by atoms with E-state index in [2.05, 4.69) is 72.4 Å². The van der Waals surface area contributed by atoms with E-state index in [1.165, 1.54) is 16.8 Å². The molecule has 2 heterocycles. The van der Waals surface area contributed by atoms with Gasteiger partial charge in [0.05, 0.1) is 5.69 Å². The maximum atomic E-state index is 12.9. The number of piperazine rings is 1. The lowest BCUT2D eigenvalue weighted by Crippen LogP contribution is -2.49. The van der Waals surface area contributed by atoms with Gasteiger partial charge in [-0.05, 0) is 37.5 Å². The van der Waals surface area contributed by atoms with Crippen molar-refractivity contribution in [3.8, 4) is 11.3 Å². The van der Waals surface area contributed by atoms with Gasteiger partial charge in [0, 0.05) is 57.1 Å². The molecule has 1 aromatic heterocycles. The lowest BCUT2D eigenvalue weighted by atomic mass is 10.0. The van der Waals surface area contributed by atoms with Crippen LogP contribution >= 0.6 is 0 Å². The molecule has 5 nitrogen and oxygen atoms in total. The number of carbonyl (C=O) groups is 1. The van der Waals surface area contributed by atoms with E-state index in [4.69, 9.17) is 0 Å². The summed E-state index contributed by atoms with van der Waals surface area (Å²) in [6.45, 7) is 7.57. The largest absolute Gasteiger partial charge is 0.368 e. The number of aromatic nitrogens is 2. The summed E-state index contributed by atoms with van der Waals surface area (Å²) in [6, 6.07) is 16.9. The van der Waals surface area contributed by atoms with Crippen LogP contribution in [0.2, 0.25) is 0 Å². The molecule has 2 aromatic carbocycles. The standard InChI is InChI=1S/C25H30N4O/c1-19-8-10-21(11-9-19)25-22(18-27(3)26-25)12-13-24(30)29-16-14-28(15-17-29)23-7-5-4-6-20(23)2/h4-11,18H,12-17H2,1-3H3. The molecule has 0 atom stereocenters. The van der Waals surface area contributed by atoms with Crippen molar-refractivity contribution in [3.05, 3.63) is 71.4 Å². The van der Waals surface area contributed by atoms with Crippen LogP contribution in [0.5, 0.6) is 0 Å². The first-order valence-corrected chi connectivity index (χ1v) is 10.7. The second kappa shape index (κ2) is 8.74. The Hall–Kier alpha value is -3.08. The minimum absolute atomic E-state index is 0.234. The minimum Gasteiger partial charge on any atom is -0.368 e. The van der Waals surface area contributed by atoms with Gasteiger partial charge >= 0.3 is 0 Å². The number of amides is 1. The van der Waals surface area contributed by atoms with E-state index in [-0.39, 0.29) is 5.91 Å². The van der Waals surface area contributed by atoms with Crippen molar-refractivity contribution in [2.24, 2.45) is 7.05 Å². The molecule has 1 aliphatic heterocycles. The molecule has 0 N–H and O–H groups in total. The molecule has 1 amide bonds. The van der Waals surface area contributed by atoms with E-state index in [1.807, 2.05) is 22.8 Å². The SMILES string of the molecule is Cc1ccc(-c2nn(C)cc2CCC(=O)N2CCN(c3ccccc3C)CC2)cc1. The van der Waals surface area contributed by atoms with E-state index in [0.717, 1.165) is 43.0 Å². The number of benzene rings is 2. The van der Waals surface area contributed by atoms with E-state index in [1.54, 1.807) is 0 Å². The topological polar surface area (TPSA) is 41.4 Å². The molecule has 5 heteroatoms. The van der Waals surface area contributed by atoms with Crippen molar-refractivity contribution in [3.63, 3.8) is 0 Å². The van der Waals surface area contributed by atoms with Crippen LogP contribution in [0.15, 0.2) is 54.7 Å². The Kier molecular flexibility index (Phi) is 5.88. The molecule has 0 saturated carbocycles. The second-order valence-corrected chi connectivity index (χ2v) is 8.20. The van der Waals surface area contributed by atoms with Crippen molar-refractivity contribution in [2.45, 2.75) is 26.7 Å². The van der Waals surface area contributed by atoms with Crippen LogP contribution in [-0.2, 0) is 18.3 Å². The number of nitrogens with zero attached hydrogens (tertiary/aromatic N) is 4. The number of aryl methyl sites for hydroxylation is 4. The third kappa shape index (κ3) is 4.40. The second-order valence-electron chi connectivity index (χ2n) is 8.20. The quantitative estimate of drug-likeness (QED) is 0.648. The Morgan fingerprint density at radius 3 is 2.37 bits per heavy atom. The van der Waals surface area contributed by atoms with Crippen LogP contribution < -0.4 is 4.90 Å². The van der Waals surface area contributed by atoms with Crippen molar-refractivity contribution in [1.29, 1.82) is 0 Å². The van der Waals surface area contributed by atoms with Gasteiger partial charge in [-0.15, -0.1) is 0 Å². The fraction of sp³-hybridized carbons (Fsp3) is 0.360. The molecular weight excluding hydrogens is 372 g/mol. The highest BCUT2D eigenvalue weighted by Crippen LogP contribution is 2.24. The van der Waals surface area contributed by atoms with Gasteiger partial charge in [-0.1, -0.05) is 48.0 Å². The van der Waals surface area contributed by atoms with Gasteiger partial charge in [-0.2, -0.15) is 5.10 Å². The molecule has 0 spiro atoms. The van der Waals surface area contributed by atoms with Crippen LogP contribution in [-0.4, -0.2) is 46.8 Å². The Morgan fingerprint density at radius 2 is 1.67 bits per heavy atom. The van der Waals surface area contributed by atoms with Crippen molar-refractivity contribution < 1.29 is 4.79 Å². The monoisotopic (exact) mass is 402 g/mol. The maximum Gasteiger partial charge on any atom is 0.223 e. The molecule has 4 rings (SSSR count). The maximum absolute atomic E-state index is 12.9. The first-order valence-electron chi connectivity index (χ1n) is 10.7. The number of anilines is 1. The molecule has 1 saturated heterocycles. The highest BCUT2D eigenvalue weighted by atomic mass is 16.2. The van der Waals surface area contributed by atoms with E-state index in [9.17, 15) is 4.79 Å². The van der Waals surface area contributed by atoms with Gasteiger partial charge < -0.3 is 9.80 Å². The number of carbonyl (C=O) groups excluding carboxylic acids is 1. The fourth-order valence-corrected chi connectivity index (χ4v) is 4.19. The van der Waals surface area contributed by atoms with Crippen molar-refractivity contribution in [1.82, 2.24) is 14.7 Å². The molecule has 1 fully saturated rings. The summed E-state index contributed by atoms with van der Waals surface area (Å²) in [6.07, 6.45) is 3.28. The van der Waals surface area contributed by atoms with E-state index < -0.39 is 0 Å². The minimum atomic E-state index is 0.234. The molecule has 1 aliphatic rings. The summed E-state index contributed by atoms with van der Waals surface area (Å²) in [5.41, 5.74) is 7.02. The normalized spacial score (nSPS) is 14.2. The zero-order valence-corrected chi connectivity index (χ0v) is 18.1. The van der Waals surface area contributed by atoms with Gasteiger partial charge in [0.1, 0.15) is 0 Å². The summed E-state index contributed by atoms with van der Waals surface area (Å²) in [4.78, 5) is 17.3. The predicted octanol–water partition coefficient (Wildman–Crippen LogP) is 3.99. The smallest absolute Gasteiger partial charge is 0.223 e. The predicted molar refractivity (Wildman–Crippen MR) is 122 cm³/mol. The molecule has 0 radical (unpaired) electrons. The Morgan fingerprint density at radius 1 is 0.967 bits per heavy atom. The van der Waals surface area contributed by atoms with Gasteiger partial charge in [0.25, 0.3) is 0 Å². The number of para-hydroxylation sites is 1. The Bertz CT molecular complexity index is 1010. The van der Waals surface area contributed by atoms with Crippen LogP contribution in [0, 0.1) is 13.8 Å². The average molecular weight is 403 g/mol. The van der Waals surface area contributed by atoms with E-state index >= 15 is 0 Å². The van der Waals surface area contributed by atoms with Crippen LogP contribution in [0.25, 0.3) is 11.3 Å². The highest BCUT2D eigenvalue weighted by Gasteiger charge is 2.22. The average Bonchev–Trinajstić information content (AvgIpc) is 3.13. The van der Waals surface area contributed by atoms with E-state index in [0.29, 0.717) is 12.8 Å². The summed E-state index contributed by atoms with van der Waals surface area (Å²) < 4.78 is 1.84. The first-order chi connectivity index (χ1) is 14.5. The molecule has 0 bridgehead atoms. The van der Waals surface area contributed by atoms with Crippen LogP contribution in [0.4, 0.5) is 5.69 Å². The third-order valence-electron chi connectivity index (χ3n) is 5.93. The lowest BCUT2D eigenvalue weighted by molar-refractivity contribution is -0.131. The zero-order chi connectivity index (χ0) is 21.1. The third-order valence-corrected chi connectivity index (χ3v) is 5.93. The van der Waals surface area contributed by atoms with Crippen molar-refractivity contribution >= 4 is 11.6 Å². The Balaban J connectivity index is 1.36. The lowest BCUT2D eigenvalue weighted by Gasteiger charge is -2.37. The van der Waals surface area contributed by atoms with Crippen LogP contribution in [0.3, 0.4) is 0 Å². The Labute approximate surface area is 178 Å². The fourth-order valence-electron chi connectivity index (χ4n) is 4.19. The molecule has 0 unspecified atom stereocenters. The summed E-state index contributed by atoms with van der Waals surface area (Å²) in [7, 11) is 1.94. The number of hydrogen-bond acceptors (Lipinski definition) is 3. The van der Waals surface area contributed by atoms with Crippen LogP contribution in [0.1, 0.15) is 23.1 Å². The summed E-state index contributed by atoms with van der Waals surface area (Å²) in [5, 5.41) is 4.64. The van der Waals surface area contributed by atoms with Gasteiger partial charge in [-0.3, -0.25) is 9.48 Å². The number of rotatable bonds is 5. The molecule has 0 aliphatic carbocycles. The van der Waals surface area contributed by atoms with Crippen molar-refractivity contribution in [2.75, 3.05) is 31.1 Å². The summed E-state index contributed by atoms with van der Waals surface area (Å²) >= 11 is 0. The number of hydrogen-bond donors (Lipinski definition) is 0. The molecule has 30 heavy (non-hydrogen) atoms. The van der Waals surface area contributed by atoms with Gasteiger partial charge in [-0.25, -0.2) is 0 Å².